The van der Waals surface area contributed by atoms with E-state index < -0.39 is 0 Å². The minimum absolute atomic E-state index is 0.103. The number of nitrogens with zero attached hydrogens (tertiary/aromatic N) is 2. The van der Waals surface area contributed by atoms with E-state index >= 15 is 0 Å². The highest BCUT2D eigenvalue weighted by Crippen LogP contribution is 2.15. The van der Waals surface area contributed by atoms with Crippen LogP contribution in [0.2, 0.25) is 5.02 Å². The Morgan fingerprint density at radius 2 is 2.12 bits per heavy atom. The highest BCUT2D eigenvalue weighted by molar-refractivity contribution is 7.13. The maximum atomic E-state index is 12.2. The van der Waals surface area contributed by atoms with Crippen molar-refractivity contribution in [3.63, 3.8) is 0 Å². The molecule has 2 aromatic rings. The summed E-state index contributed by atoms with van der Waals surface area (Å²) in [6.07, 6.45) is 3.14. The predicted molar refractivity (Wildman–Crippen MR) is 94.5 cm³/mol. The first-order valence-corrected chi connectivity index (χ1v) is 8.30. The van der Waals surface area contributed by atoms with Crippen molar-refractivity contribution in [2.75, 3.05) is 25.0 Å². The first-order valence-electron chi connectivity index (χ1n) is 7.05. The molecule has 2 rings (SSSR count). The fourth-order valence-corrected chi connectivity index (χ4v) is 2.47. The molecule has 24 heavy (non-hydrogen) atoms. The zero-order valence-corrected chi connectivity index (χ0v) is 14.3. The lowest BCUT2D eigenvalue weighted by Crippen LogP contribution is -2.40. The second-order valence-electron chi connectivity index (χ2n) is 4.69. The monoisotopic (exact) mass is 365 g/mol. The third-order valence-corrected chi connectivity index (χ3v) is 3.83. The summed E-state index contributed by atoms with van der Waals surface area (Å²) in [6.45, 7) is 3.56. The van der Waals surface area contributed by atoms with Crippen LogP contribution in [0.4, 0.5) is 5.13 Å². The van der Waals surface area contributed by atoms with Gasteiger partial charge in [0.15, 0.2) is 11.7 Å². The highest BCUT2D eigenvalue weighted by Gasteiger charge is 2.17. The molecule has 1 heterocycles. The first-order chi connectivity index (χ1) is 11.6. The molecule has 0 aliphatic heterocycles. The summed E-state index contributed by atoms with van der Waals surface area (Å²) < 4.78 is 5.41. The molecule has 0 atom stereocenters. The number of benzene rings is 1. The first kappa shape index (κ1) is 18.0. The number of hydrogen-bond donors (Lipinski definition) is 1. The van der Waals surface area contributed by atoms with Gasteiger partial charge in [-0.15, -0.1) is 17.9 Å². The van der Waals surface area contributed by atoms with E-state index in [4.69, 9.17) is 16.3 Å². The minimum Gasteiger partial charge on any atom is -0.484 e. The Morgan fingerprint density at radius 1 is 1.38 bits per heavy atom. The minimum atomic E-state index is -0.327. The van der Waals surface area contributed by atoms with Crippen LogP contribution in [0.15, 0.2) is 48.5 Å². The van der Waals surface area contributed by atoms with Crippen molar-refractivity contribution in [2.45, 2.75) is 0 Å². The molecule has 126 valence electrons. The number of rotatable bonds is 8. The van der Waals surface area contributed by atoms with E-state index in [0.717, 1.165) is 0 Å². The third kappa shape index (κ3) is 5.68. The number of aromatic nitrogens is 1. The molecule has 0 unspecified atom stereocenters. The van der Waals surface area contributed by atoms with Crippen LogP contribution in [0, 0.1) is 0 Å². The lowest BCUT2D eigenvalue weighted by Gasteiger charge is -2.20. The summed E-state index contributed by atoms with van der Waals surface area (Å²) in [4.78, 5) is 29.5. The van der Waals surface area contributed by atoms with Crippen LogP contribution in [-0.2, 0) is 9.59 Å². The lowest BCUT2D eigenvalue weighted by atomic mass is 10.3. The van der Waals surface area contributed by atoms with E-state index in [2.05, 4.69) is 16.9 Å². The van der Waals surface area contributed by atoms with Gasteiger partial charge < -0.3 is 15.0 Å². The van der Waals surface area contributed by atoms with Crippen molar-refractivity contribution in [3.05, 3.63) is 53.5 Å². The van der Waals surface area contributed by atoms with Crippen molar-refractivity contribution in [2.24, 2.45) is 0 Å². The van der Waals surface area contributed by atoms with Gasteiger partial charge in [0.1, 0.15) is 12.3 Å². The molecule has 0 saturated carbocycles. The van der Waals surface area contributed by atoms with Gasteiger partial charge in [-0.3, -0.25) is 9.59 Å². The van der Waals surface area contributed by atoms with Crippen molar-refractivity contribution >= 4 is 39.9 Å². The second kappa shape index (κ2) is 9.05. The van der Waals surface area contributed by atoms with E-state index in [1.807, 2.05) is 0 Å². The Kier molecular flexibility index (Phi) is 6.77. The van der Waals surface area contributed by atoms with Crippen molar-refractivity contribution in [1.29, 1.82) is 0 Å². The number of carbonyl (C=O) groups excluding carboxylic acids is 2. The average Bonchev–Trinajstić information content (AvgIpc) is 3.06. The maximum Gasteiger partial charge on any atom is 0.261 e. The second-order valence-corrected chi connectivity index (χ2v) is 6.02. The predicted octanol–water partition coefficient (Wildman–Crippen LogP) is 2.83. The number of hydrogen-bond acceptors (Lipinski definition) is 5. The van der Waals surface area contributed by atoms with Crippen molar-refractivity contribution in [1.82, 2.24) is 9.88 Å². The maximum absolute atomic E-state index is 12.2. The van der Waals surface area contributed by atoms with Gasteiger partial charge in [-0.1, -0.05) is 17.7 Å². The fraction of sp³-hybridized carbons (Fsp3) is 0.188. The number of ether oxygens (including phenoxy) is 1. The summed E-state index contributed by atoms with van der Waals surface area (Å²) >= 11 is 7.10. The Morgan fingerprint density at radius 3 is 2.75 bits per heavy atom. The number of carbonyl (C=O) groups is 2. The molecule has 1 aromatic heterocycles. The summed E-state index contributed by atoms with van der Waals surface area (Å²) in [7, 11) is 0. The van der Waals surface area contributed by atoms with E-state index in [1.54, 1.807) is 41.9 Å². The molecule has 0 radical (unpaired) electrons. The van der Waals surface area contributed by atoms with Crippen molar-refractivity contribution < 1.29 is 14.3 Å². The zero-order valence-electron chi connectivity index (χ0n) is 12.8. The van der Waals surface area contributed by atoms with Crippen LogP contribution in [0.25, 0.3) is 0 Å². The summed E-state index contributed by atoms with van der Waals surface area (Å²) in [5.41, 5.74) is 0. The van der Waals surface area contributed by atoms with Crippen LogP contribution in [0.5, 0.6) is 5.75 Å². The average molecular weight is 366 g/mol. The van der Waals surface area contributed by atoms with E-state index in [1.165, 1.54) is 16.2 Å². The number of anilines is 1. The zero-order chi connectivity index (χ0) is 17.4. The molecule has 0 fully saturated rings. The Bertz CT molecular complexity index is 689. The van der Waals surface area contributed by atoms with Gasteiger partial charge >= 0.3 is 0 Å². The standard InChI is InChI=1S/C16H16ClN3O3S/c1-2-8-20(10-14(21)19-16-18-7-9-24-16)15(22)11-23-13-5-3-12(17)4-6-13/h2-7,9H,1,8,10-11H2,(H,18,19,21). The van der Waals surface area contributed by atoms with Crippen LogP contribution in [-0.4, -0.2) is 41.4 Å². The van der Waals surface area contributed by atoms with Crippen LogP contribution < -0.4 is 10.1 Å². The van der Waals surface area contributed by atoms with E-state index in [-0.39, 0.29) is 31.5 Å². The SMILES string of the molecule is C=CCN(CC(=O)Nc1nccs1)C(=O)COc1ccc(Cl)cc1. The smallest absolute Gasteiger partial charge is 0.261 e. The van der Waals surface area contributed by atoms with Crippen LogP contribution in [0.1, 0.15) is 0 Å². The van der Waals surface area contributed by atoms with Gasteiger partial charge in [0.25, 0.3) is 5.91 Å². The fourth-order valence-electron chi connectivity index (χ4n) is 1.79. The Labute approximate surface area is 148 Å². The summed E-state index contributed by atoms with van der Waals surface area (Å²) in [5.74, 6) is -0.121. The molecular formula is C16H16ClN3O3S. The summed E-state index contributed by atoms with van der Waals surface area (Å²) in [6, 6.07) is 6.68. The molecule has 0 aliphatic carbocycles. The number of thiazole rings is 1. The normalized spacial score (nSPS) is 10.0. The molecular weight excluding hydrogens is 350 g/mol. The lowest BCUT2D eigenvalue weighted by molar-refractivity contribution is -0.135. The summed E-state index contributed by atoms with van der Waals surface area (Å²) in [5, 5.41) is 5.46. The Balaban J connectivity index is 1.88. The van der Waals surface area contributed by atoms with E-state index in [0.29, 0.717) is 15.9 Å². The van der Waals surface area contributed by atoms with Gasteiger partial charge in [0.2, 0.25) is 5.91 Å². The molecule has 1 aromatic carbocycles. The van der Waals surface area contributed by atoms with Gasteiger partial charge in [-0.05, 0) is 24.3 Å². The molecule has 1 N–H and O–H groups in total. The van der Waals surface area contributed by atoms with Gasteiger partial charge in [0, 0.05) is 23.1 Å². The Hall–Kier alpha value is -2.38. The molecule has 0 bridgehead atoms. The number of halogens is 1. The van der Waals surface area contributed by atoms with Crippen molar-refractivity contribution in [3.8, 4) is 5.75 Å². The van der Waals surface area contributed by atoms with Gasteiger partial charge in [-0.2, -0.15) is 0 Å². The molecule has 0 aliphatic rings. The van der Waals surface area contributed by atoms with Gasteiger partial charge in [0.05, 0.1) is 0 Å². The number of nitrogens with one attached hydrogen (secondary N) is 1. The van der Waals surface area contributed by atoms with Crippen LogP contribution in [0.3, 0.4) is 0 Å². The quantitative estimate of drug-likeness (QED) is 0.730. The highest BCUT2D eigenvalue weighted by atomic mass is 35.5. The molecule has 0 spiro atoms. The molecule has 2 amide bonds. The third-order valence-electron chi connectivity index (χ3n) is 2.89. The molecule has 0 saturated heterocycles. The topological polar surface area (TPSA) is 71.5 Å². The molecule has 8 heteroatoms. The largest absolute Gasteiger partial charge is 0.484 e. The number of amides is 2. The van der Waals surface area contributed by atoms with E-state index in [9.17, 15) is 9.59 Å². The van der Waals surface area contributed by atoms with Gasteiger partial charge in [-0.25, -0.2) is 4.98 Å². The van der Waals surface area contributed by atoms with Crippen LogP contribution >= 0.6 is 22.9 Å². The molecule has 6 nitrogen and oxygen atoms in total.